The van der Waals surface area contributed by atoms with Gasteiger partial charge in [-0.05, 0) is 36.6 Å². The fourth-order valence-electron chi connectivity index (χ4n) is 1.76. The monoisotopic (exact) mass is 236 g/mol. The second kappa shape index (κ2) is 5.16. The number of rotatable bonds is 3. The topological polar surface area (TPSA) is 84.6 Å². The maximum Gasteiger partial charge on any atom is 0.243 e. The maximum atomic E-state index is 11.5. The van der Waals surface area contributed by atoms with Gasteiger partial charge in [0, 0.05) is 5.69 Å². The number of aliphatic hydroxyl groups excluding tert-OH is 1. The van der Waals surface area contributed by atoms with Gasteiger partial charge >= 0.3 is 0 Å². The van der Waals surface area contributed by atoms with E-state index in [-0.39, 0.29) is 12.5 Å². The Labute approximate surface area is 99.6 Å². The van der Waals surface area contributed by atoms with Crippen LogP contribution in [0.25, 0.3) is 0 Å². The van der Waals surface area contributed by atoms with Crippen LogP contribution < -0.4 is 15.8 Å². The fraction of sp³-hybridized carbons (Fsp3) is 0.417. The third-order valence-electron chi connectivity index (χ3n) is 2.71. The lowest BCUT2D eigenvalue weighted by Crippen LogP contribution is -2.38. The molecule has 2 rings (SSSR count). The average molecular weight is 236 g/mol. The number of carbonyl (C=O) groups excluding carboxylic acids is 1. The van der Waals surface area contributed by atoms with E-state index in [0.717, 1.165) is 30.8 Å². The first kappa shape index (κ1) is 11.9. The molecule has 5 heteroatoms. The summed E-state index contributed by atoms with van der Waals surface area (Å²) < 4.78 is 5.47. The summed E-state index contributed by atoms with van der Waals surface area (Å²) >= 11 is 0. The van der Waals surface area contributed by atoms with Gasteiger partial charge in [-0.15, -0.1) is 0 Å². The van der Waals surface area contributed by atoms with E-state index in [1.54, 1.807) is 6.07 Å². The van der Waals surface area contributed by atoms with Crippen LogP contribution >= 0.6 is 0 Å². The van der Waals surface area contributed by atoms with E-state index in [9.17, 15) is 4.79 Å². The van der Waals surface area contributed by atoms with Crippen LogP contribution in [-0.4, -0.2) is 30.3 Å². The average Bonchev–Trinajstić information content (AvgIpc) is 2.37. The molecule has 1 aliphatic rings. The molecule has 0 aliphatic carbocycles. The predicted molar refractivity (Wildman–Crippen MR) is 63.9 cm³/mol. The van der Waals surface area contributed by atoms with E-state index < -0.39 is 6.04 Å². The van der Waals surface area contributed by atoms with Crippen molar-refractivity contribution in [3.8, 4) is 5.75 Å². The number of hydrogen-bond donors (Lipinski definition) is 3. The molecule has 1 aliphatic heterocycles. The van der Waals surface area contributed by atoms with Crippen LogP contribution in [0.3, 0.4) is 0 Å². The minimum Gasteiger partial charge on any atom is -0.493 e. The van der Waals surface area contributed by atoms with Gasteiger partial charge in [0.1, 0.15) is 11.8 Å². The summed E-state index contributed by atoms with van der Waals surface area (Å²) in [5.74, 6) is 0.491. The maximum absolute atomic E-state index is 11.5. The Morgan fingerprint density at radius 3 is 3.18 bits per heavy atom. The van der Waals surface area contributed by atoms with E-state index in [4.69, 9.17) is 15.6 Å². The minimum atomic E-state index is -0.887. The van der Waals surface area contributed by atoms with Crippen molar-refractivity contribution in [2.45, 2.75) is 18.9 Å². The number of hydrogen-bond acceptors (Lipinski definition) is 4. The molecule has 0 spiro atoms. The highest BCUT2D eigenvalue weighted by atomic mass is 16.5. The standard InChI is InChI=1S/C12H16N2O3/c13-10(7-15)12(16)14-9-3-4-11-8(6-9)2-1-5-17-11/h3-4,6,10,15H,1-2,5,7,13H2,(H,14,16). The van der Waals surface area contributed by atoms with Crippen molar-refractivity contribution in [3.63, 3.8) is 0 Å². The summed E-state index contributed by atoms with van der Waals surface area (Å²) in [6, 6.07) is 4.61. The molecule has 0 saturated carbocycles. The Morgan fingerprint density at radius 2 is 2.41 bits per heavy atom. The van der Waals surface area contributed by atoms with E-state index in [0.29, 0.717) is 5.69 Å². The van der Waals surface area contributed by atoms with Gasteiger partial charge in [0.15, 0.2) is 0 Å². The molecule has 4 N–H and O–H groups in total. The van der Waals surface area contributed by atoms with E-state index in [1.165, 1.54) is 0 Å². The molecule has 0 fully saturated rings. The first-order chi connectivity index (χ1) is 8.20. The van der Waals surface area contributed by atoms with Gasteiger partial charge in [-0.25, -0.2) is 0 Å². The third-order valence-corrected chi connectivity index (χ3v) is 2.71. The lowest BCUT2D eigenvalue weighted by molar-refractivity contribution is -0.118. The number of amides is 1. The molecular formula is C12H16N2O3. The SMILES string of the molecule is NC(CO)C(=O)Nc1ccc2c(c1)CCCO2. The zero-order valence-corrected chi connectivity index (χ0v) is 9.48. The van der Waals surface area contributed by atoms with Gasteiger partial charge in [-0.3, -0.25) is 4.79 Å². The molecule has 5 nitrogen and oxygen atoms in total. The van der Waals surface area contributed by atoms with Gasteiger partial charge < -0.3 is 20.9 Å². The van der Waals surface area contributed by atoms with Gasteiger partial charge in [-0.1, -0.05) is 0 Å². The third kappa shape index (κ3) is 2.75. The molecule has 1 amide bonds. The molecule has 92 valence electrons. The van der Waals surface area contributed by atoms with Crippen LogP contribution in [-0.2, 0) is 11.2 Å². The van der Waals surface area contributed by atoms with Crippen molar-refractivity contribution in [3.05, 3.63) is 23.8 Å². The number of carbonyl (C=O) groups is 1. The van der Waals surface area contributed by atoms with E-state index in [2.05, 4.69) is 5.32 Å². The molecular weight excluding hydrogens is 220 g/mol. The first-order valence-electron chi connectivity index (χ1n) is 5.63. The number of fused-ring (bicyclic) bond motifs is 1. The number of ether oxygens (including phenoxy) is 1. The normalized spacial score (nSPS) is 15.6. The second-order valence-corrected chi connectivity index (χ2v) is 4.05. The smallest absolute Gasteiger partial charge is 0.243 e. The van der Waals surface area contributed by atoms with Crippen molar-refractivity contribution < 1.29 is 14.6 Å². The number of anilines is 1. The number of nitrogens with two attached hydrogens (primary N) is 1. The van der Waals surface area contributed by atoms with Crippen LogP contribution in [0.15, 0.2) is 18.2 Å². The second-order valence-electron chi connectivity index (χ2n) is 4.05. The summed E-state index contributed by atoms with van der Waals surface area (Å²) in [7, 11) is 0. The van der Waals surface area contributed by atoms with Crippen LogP contribution in [0.4, 0.5) is 5.69 Å². The molecule has 1 heterocycles. The zero-order valence-electron chi connectivity index (χ0n) is 9.48. The molecule has 0 aromatic heterocycles. The lowest BCUT2D eigenvalue weighted by atomic mass is 10.1. The molecule has 0 bridgehead atoms. The largest absolute Gasteiger partial charge is 0.493 e. The quantitative estimate of drug-likeness (QED) is 0.703. The fourth-order valence-corrected chi connectivity index (χ4v) is 1.76. The van der Waals surface area contributed by atoms with Gasteiger partial charge in [-0.2, -0.15) is 0 Å². The minimum absolute atomic E-state index is 0.361. The van der Waals surface area contributed by atoms with Gasteiger partial charge in [0.05, 0.1) is 13.2 Å². The Bertz CT molecular complexity index is 420. The van der Waals surface area contributed by atoms with Crippen molar-refractivity contribution >= 4 is 11.6 Å². The van der Waals surface area contributed by atoms with Crippen LogP contribution in [0, 0.1) is 0 Å². The number of aliphatic hydroxyl groups is 1. The van der Waals surface area contributed by atoms with Crippen molar-refractivity contribution in [2.24, 2.45) is 5.73 Å². The Balaban J connectivity index is 2.09. The predicted octanol–water partition coefficient (Wildman–Crippen LogP) is 0.270. The molecule has 1 aromatic rings. The van der Waals surface area contributed by atoms with Crippen LogP contribution in [0.1, 0.15) is 12.0 Å². The summed E-state index contributed by atoms with van der Waals surface area (Å²) in [6.45, 7) is 0.383. The highest BCUT2D eigenvalue weighted by Gasteiger charge is 2.14. The lowest BCUT2D eigenvalue weighted by Gasteiger charge is -2.18. The summed E-state index contributed by atoms with van der Waals surface area (Å²) in [6.07, 6.45) is 1.94. The van der Waals surface area contributed by atoms with Crippen molar-refractivity contribution in [1.29, 1.82) is 0 Å². The molecule has 0 saturated heterocycles. The molecule has 1 unspecified atom stereocenters. The first-order valence-corrected chi connectivity index (χ1v) is 5.63. The Morgan fingerprint density at radius 1 is 1.59 bits per heavy atom. The summed E-state index contributed by atoms with van der Waals surface area (Å²) in [4.78, 5) is 11.5. The van der Waals surface area contributed by atoms with Gasteiger partial charge in [0.2, 0.25) is 5.91 Å². The van der Waals surface area contributed by atoms with E-state index >= 15 is 0 Å². The number of nitrogens with one attached hydrogen (secondary N) is 1. The number of benzene rings is 1. The zero-order chi connectivity index (χ0) is 12.3. The molecule has 1 atom stereocenters. The van der Waals surface area contributed by atoms with Crippen LogP contribution in [0.5, 0.6) is 5.75 Å². The highest BCUT2D eigenvalue weighted by Crippen LogP contribution is 2.27. The molecule has 1 aromatic carbocycles. The van der Waals surface area contributed by atoms with Crippen molar-refractivity contribution in [1.82, 2.24) is 0 Å². The summed E-state index contributed by atoms with van der Waals surface area (Å²) in [5, 5.41) is 11.4. The highest BCUT2D eigenvalue weighted by molar-refractivity contribution is 5.94. The van der Waals surface area contributed by atoms with Crippen LogP contribution in [0.2, 0.25) is 0 Å². The Kier molecular flexibility index (Phi) is 3.61. The summed E-state index contributed by atoms with van der Waals surface area (Å²) in [5.41, 5.74) is 7.19. The van der Waals surface area contributed by atoms with Crippen molar-refractivity contribution in [2.75, 3.05) is 18.5 Å². The van der Waals surface area contributed by atoms with E-state index in [1.807, 2.05) is 12.1 Å². The van der Waals surface area contributed by atoms with Gasteiger partial charge in [0.25, 0.3) is 0 Å². The molecule has 0 radical (unpaired) electrons. The molecule has 17 heavy (non-hydrogen) atoms. The number of aryl methyl sites for hydroxylation is 1. The Hall–Kier alpha value is -1.59.